The van der Waals surface area contributed by atoms with Gasteiger partial charge in [-0.1, -0.05) is 18.2 Å². The second kappa shape index (κ2) is 6.55. The van der Waals surface area contributed by atoms with Crippen LogP contribution < -0.4 is 5.32 Å². The molecule has 0 amide bonds. The third-order valence-corrected chi connectivity index (χ3v) is 3.18. The van der Waals surface area contributed by atoms with Gasteiger partial charge in [-0.25, -0.2) is 0 Å². The van der Waals surface area contributed by atoms with Gasteiger partial charge in [0.15, 0.2) is 0 Å². The highest BCUT2D eigenvalue weighted by Gasteiger charge is 2.08. The monoisotopic (exact) mass is 259 g/mol. The summed E-state index contributed by atoms with van der Waals surface area (Å²) >= 11 is 0. The molecule has 0 aliphatic heterocycles. The van der Waals surface area contributed by atoms with Crippen molar-refractivity contribution in [3.63, 3.8) is 0 Å². The fourth-order valence-corrected chi connectivity index (χ4v) is 2.03. The molecule has 0 radical (unpaired) electrons. The van der Waals surface area contributed by atoms with Gasteiger partial charge in [0.1, 0.15) is 11.5 Å². The maximum absolute atomic E-state index is 5.89. The molecule has 102 valence electrons. The minimum Gasteiger partial charge on any atom is -0.461 e. The SMILES string of the molecule is CNC(C)Cc1ccc(-c2cccc(COC)c2)o1. The zero-order valence-corrected chi connectivity index (χ0v) is 11.8. The van der Waals surface area contributed by atoms with Gasteiger partial charge in [-0.3, -0.25) is 0 Å². The van der Waals surface area contributed by atoms with Gasteiger partial charge in [-0.05, 0) is 37.7 Å². The summed E-state index contributed by atoms with van der Waals surface area (Å²) in [5, 5.41) is 3.21. The Hall–Kier alpha value is -1.58. The molecule has 3 heteroatoms. The van der Waals surface area contributed by atoms with Crippen molar-refractivity contribution < 1.29 is 9.15 Å². The standard InChI is InChI=1S/C16H21NO2/c1-12(17-2)9-15-7-8-16(19-15)14-6-4-5-13(10-14)11-18-3/h4-8,10,12,17H,9,11H2,1-3H3. The van der Waals surface area contributed by atoms with Gasteiger partial charge < -0.3 is 14.5 Å². The lowest BCUT2D eigenvalue weighted by atomic mass is 10.1. The molecular formula is C16H21NO2. The van der Waals surface area contributed by atoms with Crippen LogP contribution >= 0.6 is 0 Å². The highest BCUT2D eigenvalue weighted by atomic mass is 16.5. The van der Waals surface area contributed by atoms with E-state index in [0.29, 0.717) is 12.6 Å². The first-order chi connectivity index (χ1) is 9.22. The Labute approximate surface area is 114 Å². The number of benzene rings is 1. The lowest BCUT2D eigenvalue weighted by molar-refractivity contribution is 0.185. The number of methoxy groups -OCH3 is 1. The van der Waals surface area contributed by atoms with Gasteiger partial charge in [0.2, 0.25) is 0 Å². The summed E-state index contributed by atoms with van der Waals surface area (Å²) in [6.45, 7) is 2.76. The van der Waals surface area contributed by atoms with Gasteiger partial charge in [0.25, 0.3) is 0 Å². The predicted molar refractivity (Wildman–Crippen MR) is 77.1 cm³/mol. The average Bonchev–Trinajstić information content (AvgIpc) is 2.88. The average molecular weight is 259 g/mol. The topological polar surface area (TPSA) is 34.4 Å². The number of furan rings is 1. The third kappa shape index (κ3) is 3.69. The van der Waals surface area contributed by atoms with Crippen LogP contribution in [0.1, 0.15) is 18.2 Å². The predicted octanol–water partition coefficient (Wildman–Crippen LogP) is 3.24. The summed E-state index contributed by atoms with van der Waals surface area (Å²) in [6, 6.07) is 12.7. The Balaban J connectivity index is 2.15. The minimum absolute atomic E-state index is 0.416. The van der Waals surface area contributed by atoms with E-state index in [-0.39, 0.29) is 0 Å². The van der Waals surface area contributed by atoms with Gasteiger partial charge in [0, 0.05) is 25.1 Å². The van der Waals surface area contributed by atoms with E-state index in [2.05, 4.69) is 30.4 Å². The number of nitrogens with one attached hydrogen (secondary N) is 1. The van der Waals surface area contributed by atoms with Crippen LogP contribution in [0.15, 0.2) is 40.8 Å². The molecule has 0 saturated carbocycles. The number of likely N-dealkylation sites (N-methyl/N-ethyl adjacent to an activating group) is 1. The van der Waals surface area contributed by atoms with E-state index in [1.54, 1.807) is 7.11 Å². The van der Waals surface area contributed by atoms with E-state index in [9.17, 15) is 0 Å². The highest BCUT2D eigenvalue weighted by Crippen LogP contribution is 2.24. The van der Waals surface area contributed by atoms with E-state index in [1.807, 2.05) is 25.2 Å². The third-order valence-electron chi connectivity index (χ3n) is 3.18. The molecule has 1 unspecified atom stereocenters. The van der Waals surface area contributed by atoms with Crippen LogP contribution in [0, 0.1) is 0 Å². The number of hydrogen-bond acceptors (Lipinski definition) is 3. The molecule has 0 bridgehead atoms. The Morgan fingerprint density at radius 1 is 1.26 bits per heavy atom. The maximum Gasteiger partial charge on any atom is 0.134 e. The van der Waals surface area contributed by atoms with Gasteiger partial charge >= 0.3 is 0 Å². The molecule has 2 rings (SSSR count). The van der Waals surface area contributed by atoms with Crippen molar-refractivity contribution in [3.8, 4) is 11.3 Å². The number of ether oxygens (including phenoxy) is 1. The summed E-state index contributed by atoms with van der Waals surface area (Å²) in [4.78, 5) is 0. The largest absolute Gasteiger partial charge is 0.461 e. The van der Waals surface area contributed by atoms with Crippen molar-refractivity contribution in [3.05, 3.63) is 47.7 Å². The minimum atomic E-state index is 0.416. The molecule has 1 atom stereocenters. The molecule has 2 aromatic rings. The summed E-state index contributed by atoms with van der Waals surface area (Å²) in [5.41, 5.74) is 2.25. The molecule has 0 aliphatic carbocycles. The number of hydrogen-bond donors (Lipinski definition) is 1. The molecule has 1 aromatic heterocycles. The van der Waals surface area contributed by atoms with E-state index in [0.717, 1.165) is 29.1 Å². The second-order valence-electron chi connectivity index (χ2n) is 4.79. The first kappa shape index (κ1) is 13.8. The van der Waals surface area contributed by atoms with Crippen molar-refractivity contribution >= 4 is 0 Å². The van der Waals surface area contributed by atoms with E-state index in [1.165, 1.54) is 0 Å². The molecular weight excluding hydrogens is 238 g/mol. The van der Waals surface area contributed by atoms with Gasteiger partial charge in [-0.2, -0.15) is 0 Å². The van der Waals surface area contributed by atoms with Gasteiger partial charge in [-0.15, -0.1) is 0 Å². The zero-order chi connectivity index (χ0) is 13.7. The Morgan fingerprint density at radius 3 is 2.84 bits per heavy atom. The lowest BCUT2D eigenvalue weighted by Crippen LogP contribution is -2.23. The lowest BCUT2D eigenvalue weighted by Gasteiger charge is -2.07. The normalized spacial score (nSPS) is 12.6. The van der Waals surface area contributed by atoms with E-state index < -0.39 is 0 Å². The summed E-state index contributed by atoms with van der Waals surface area (Å²) in [5.74, 6) is 1.92. The second-order valence-corrected chi connectivity index (χ2v) is 4.79. The summed E-state index contributed by atoms with van der Waals surface area (Å²) < 4.78 is 11.0. The Kier molecular flexibility index (Phi) is 4.77. The molecule has 3 nitrogen and oxygen atoms in total. The highest BCUT2D eigenvalue weighted by molar-refractivity contribution is 5.58. The molecule has 0 fully saturated rings. The van der Waals surface area contributed by atoms with Gasteiger partial charge in [0.05, 0.1) is 6.61 Å². The van der Waals surface area contributed by atoms with Crippen LogP contribution in [0.5, 0.6) is 0 Å². The van der Waals surface area contributed by atoms with Crippen LogP contribution in [-0.4, -0.2) is 20.2 Å². The quantitative estimate of drug-likeness (QED) is 0.864. The van der Waals surface area contributed by atoms with Crippen molar-refractivity contribution in [2.45, 2.75) is 26.0 Å². The first-order valence-electron chi connectivity index (χ1n) is 6.57. The summed E-state index contributed by atoms with van der Waals surface area (Å²) in [6.07, 6.45) is 0.897. The zero-order valence-electron chi connectivity index (χ0n) is 11.8. The smallest absolute Gasteiger partial charge is 0.134 e. The van der Waals surface area contributed by atoms with Crippen LogP contribution in [0.25, 0.3) is 11.3 Å². The molecule has 1 aromatic carbocycles. The summed E-state index contributed by atoms with van der Waals surface area (Å²) in [7, 11) is 3.67. The maximum atomic E-state index is 5.89. The van der Waals surface area contributed by atoms with Crippen molar-refractivity contribution in [1.29, 1.82) is 0 Å². The Bertz CT molecular complexity index is 519. The number of rotatable bonds is 6. The molecule has 19 heavy (non-hydrogen) atoms. The molecule has 0 aliphatic rings. The van der Waals surface area contributed by atoms with Crippen LogP contribution in [0.2, 0.25) is 0 Å². The van der Waals surface area contributed by atoms with Crippen LogP contribution in [0.3, 0.4) is 0 Å². The molecule has 1 heterocycles. The van der Waals surface area contributed by atoms with Crippen molar-refractivity contribution in [1.82, 2.24) is 5.32 Å². The molecule has 0 spiro atoms. The van der Waals surface area contributed by atoms with Crippen LogP contribution in [-0.2, 0) is 17.8 Å². The van der Waals surface area contributed by atoms with E-state index in [4.69, 9.17) is 9.15 Å². The Morgan fingerprint density at radius 2 is 2.11 bits per heavy atom. The van der Waals surface area contributed by atoms with Crippen molar-refractivity contribution in [2.24, 2.45) is 0 Å². The fraction of sp³-hybridized carbons (Fsp3) is 0.375. The molecule has 0 saturated heterocycles. The molecule has 1 N–H and O–H groups in total. The van der Waals surface area contributed by atoms with E-state index >= 15 is 0 Å². The first-order valence-corrected chi connectivity index (χ1v) is 6.57. The fourth-order valence-electron chi connectivity index (χ4n) is 2.03. The van der Waals surface area contributed by atoms with Crippen LogP contribution in [0.4, 0.5) is 0 Å². The van der Waals surface area contributed by atoms with Crippen molar-refractivity contribution in [2.75, 3.05) is 14.2 Å².